The number of halogens is 1. The van der Waals surface area contributed by atoms with E-state index in [0.717, 1.165) is 6.07 Å². The molecule has 0 saturated carbocycles. The van der Waals surface area contributed by atoms with Crippen LogP contribution in [0.2, 0.25) is 0 Å². The van der Waals surface area contributed by atoms with E-state index in [2.05, 4.69) is 5.32 Å². The summed E-state index contributed by atoms with van der Waals surface area (Å²) in [4.78, 5) is 23.3. The van der Waals surface area contributed by atoms with E-state index in [1.165, 1.54) is 12.1 Å². The van der Waals surface area contributed by atoms with Gasteiger partial charge in [-0.15, -0.1) is 0 Å². The van der Waals surface area contributed by atoms with E-state index < -0.39 is 23.5 Å². The Balaban J connectivity index is 2.79. The van der Waals surface area contributed by atoms with Crippen LogP contribution >= 0.6 is 0 Å². The topological polar surface area (TPSA) is 64.6 Å². The molecule has 6 heteroatoms. The van der Waals surface area contributed by atoms with Crippen LogP contribution in [0, 0.1) is 5.82 Å². The minimum atomic E-state index is -0.627. The summed E-state index contributed by atoms with van der Waals surface area (Å²) in [6.07, 6.45) is -0.610. The summed E-state index contributed by atoms with van der Waals surface area (Å²) in [5, 5.41) is 2.52. The number of nitrogens with one attached hydrogen (secondary N) is 1. The molecule has 1 aromatic carbocycles. The number of carbonyl (C=O) groups is 2. The quantitative estimate of drug-likeness (QED) is 0.868. The predicted molar refractivity (Wildman–Crippen MR) is 75.4 cm³/mol. The molecule has 0 aliphatic rings. The Labute approximate surface area is 123 Å². The second-order valence-corrected chi connectivity index (χ2v) is 5.38. The molecular weight excluding hydrogens is 277 g/mol. The van der Waals surface area contributed by atoms with Crippen LogP contribution in [0.25, 0.3) is 0 Å². The van der Waals surface area contributed by atoms with Crippen molar-refractivity contribution < 1.29 is 23.5 Å². The van der Waals surface area contributed by atoms with E-state index >= 15 is 0 Å². The lowest BCUT2D eigenvalue weighted by molar-refractivity contribution is 0.0502. The standard InChI is InChI=1S/C15H20FNO4/c1-5-20-13(18)12-8-11(16)7-6-10(12)9-17-14(19)21-15(2,3)4/h6-8H,5,9H2,1-4H3,(H,17,19). The number of ether oxygens (including phenoxy) is 2. The highest BCUT2D eigenvalue weighted by Crippen LogP contribution is 2.13. The maximum Gasteiger partial charge on any atom is 0.407 e. The van der Waals surface area contributed by atoms with Gasteiger partial charge in [0.2, 0.25) is 0 Å². The minimum absolute atomic E-state index is 0.0450. The average Bonchev–Trinajstić information content (AvgIpc) is 2.35. The van der Waals surface area contributed by atoms with Gasteiger partial charge in [-0.3, -0.25) is 0 Å². The molecule has 1 N–H and O–H groups in total. The molecule has 1 aromatic rings. The summed E-state index contributed by atoms with van der Waals surface area (Å²) in [5.41, 5.74) is -0.0646. The summed E-state index contributed by atoms with van der Waals surface area (Å²) < 4.78 is 23.2. The highest BCUT2D eigenvalue weighted by atomic mass is 19.1. The predicted octanol–water partition coefficient (Wildman–Crippen LogP) is 3.03. The van der Waals surface area contributed by atoms with E-state index in [0.29, 0.717) is 5.56 Å². The Morgan fingerprint density at radius 2 is 1.95 bits per heavy atom. The first-order valence-electron chi connectivity index (χ1n) is 6.65. The third-order valence-corrected chi connectivity index (χ3v) is 2.39. The maximum atomic E-state index is 13.2. The first-order valence-corrected chi connectivity index (χ1v) is 6.65. The lowest BCUT2D eigenvalue weighted by Crippen LogP contribution is -2.32. The highest BCUT2D eigenvalue weighted by molar-refractivity contribution is 5.91. The Bertz CT molecular complexity index is 523. The molecule has 21 heavy (non-hydrogen) atoms. The van der Waals surface area contributed by atoms with Gasteiger partial charge in [-0.1, -0.05) is 6.07 Å². The molecular formula is C15H20FNO4. The van der Waals surface area contributed by atoms with E-state index in [9.17, 15) is 14.0 Å². The number of amides is 1. The van der Waals surface area contributed by atoms with Crippen molar-refractivity contribution in [3.8, 4) is 0 Å². The molecule has 0 bridgehead atoms. The number of rotatable bonds is 4. The number of hydrogen-bond acceptors (Lipinski definition) is 4. The van der Waals surface area contributed by atoms with Gasteiger partial charge in [0.1, 0.15) is 11.4 Å². The third kappa shape index (κ3) is 5.81. The number of hydrogen-bond donors (Lipinski definition) is 1. The van der Waals surface area contributed by atoms with Crippen LogP contribution in [0.1, 0.15) is 43.6 Å². The van der Waals surface area contributed by atoms with Crippen LogP contribution in [0.4, 0.5) is 9.18 Å². The maximum absolute atomic E-state index is 13.2. The molecule has 0 aromatic heterocycles. The van der Waals surface area contributed by atoms with Gasteiger partial charge in [-0.25, -0.2) is 14.0 Å². The van der Waals surface area contributed by atoms with Gasteiger partial charge in [0, 0.05) is 6.54 Å². The zero-order chi connectivity index (χ0) is 16.0. The van der Waals surface area contributed by atoms with Crippen molar-refractivity contribution in [3.63, 3.8) is 0 Å². The second kappa shape index (κ2) is 7.06. The van der Waals surface area contributed by atoms with Gasteiger partial charge >= 0.3 is 12.1 Å². The Kier molecular flexibility index (Phi) is 5.69. The lowest BCUT2D eigenvalue weighted by Gasteiger charge is -2.20. The average molecular weight is 297 g/mol. The van der Waals surface area contributed by atoms with Crippen molar-refractivity contribution >= 4 is 12.1 Å². The molecule has 116 valence electrons. The normalized spacial score (nSPS) is 10.9. The number of alkyl carbamates (subject to hydrolysis) is 1. The number of benzene rings is 1. The molecule has 0 radical (unpaired) electrons. The van der Waals surface area contributed by atoms with Gasteiger partial charge in [0.15, 0.2) is 0 Å². The van der Waals surface area contributed by atoms with Crippen molar-refractivity contribution in [1.82, 2.24) is 5.32 Å². The largest absolute Gasteiger partial charge is 0.462 e. The zero-order valence-corrected chi connectivity index (χ0v) is 12.7. The summed E-state index contributed by atoms with van der Waals surface area (Å²) in [7, 11) is 0. The fraction of sp³-hybridized carbons (Fsp3) is 0.467. The second-order valence-electron chi connectivity index (χ2n) is 5.38. The van der Waals surface area contributed by atoms with Gasteiger partial charge in [0.25, 0.3) is 0 Å². The molecule has 0 aliphatic carbocycles. The van der Waals surface area contributed by atoms with E-state index in [1.807, 2.05) is 0 Å². The molecule has 0 atom stereocenters. The SMILES string of the molecule is CCOC(=O)c1cc(F)ccc1CNC(=O)OC(C)(C)C. The van der Waals surface area contributed by atoms with E-state index in [-0.39, 0.29) is 18.7 Å². The Morgan fingerprint density at radius 3 is 2.52 bits per heavy atom. The van der Waals surface area contributed by atoms with Crippen molar-refractivity contribution in [1.29, 1.82) is 0 Å². The molecule has 0 fully saturated rings. The molecule has 1 amide bonds. The zero-order valence-electron chi connectivity index (χ0n) is 12.7. The minimum Gasteiger partial charge on any atom is -0.462 e. The van der Waals surface area contributed by atoms with Crippen molar-refractivity contribution in [2.45, 2.75) is 39.8 Å². The van der Waals surface area contributed by atoms with E-state index in [1.54, 1.807) is 27.7 Å². The van der Waals surface area contributed by atoms with Crippen LogP contribution in [-0.2, 0) is 16.0 Å². The van der Waals surface area contributed by atoms with Gasteiger partial charge in [-0.05, 0) is 45.4 Å². The fourth-order valence-corrected chi connectivity index (χ4v) is 1.58. The molecule has 5 nitrogen and oxygen atoms in total. The van der Waals surface area contributed by atoms with Crippen LogP contribution in [0.3, 0.4) is 0 Å². The van der Waals surface area contributed by atoms with E-state index in [4.69, 9.17) is 9.47 Å². The van der Waals surface area contributed by atoms with Crippen molar-refractivity contribution in [2.24, 2.45) is 0 Å². The third-order valence-electron chi connectivity index (χ3n) is 2.39. The molecule has 0 heterocycles. The summed E-state index contributed by atoms with van der Waals surface area (Å²) in [6, 6.07) is 3.73. The summed E-state index contributed by atoms with van der Waals surface area (Å²) in [6.45, 7) is 7.13. The molecule has 1 rings (SSSR count). The smallest absolute Gasteiger partial charge is 0.407 e. The summed E-state index contributed by atoms with van der Waals surface area (Å²) in [5.74, 6) is -1.17. The number of carbonyl (C=O) groups excluding carboxylic acids is 2. The van der Waals surface area contributed by atoms with Crippen LogP contribution in [0.5, 0.6) is 0 Å². The van der Waals surface area contributed by atoms with Gasteiger partial charge in [-0.2, -0.15) is 0 Å². The van der Waals surface area contributed by atoms with Crippen LogP contribution < -0.4 is 5.32 Å². The van der Waals surface area contributed by atoms with Crippen molar-refractivity contribution in [3.05, 3.63) is 35.1 Å². The van der Waals surface area contributed by atoms with Crippen LogP contribution in [0.15, 0.2) is 18.2 Å². The van der Waals surface area contributed by atoms with Gasteiger partial charge < -0.3 is 14.8 Å². The first kappa shape index (κ1) is 16.9. The molecule has 0 saturated heterocycles. The monoisotopic (exact) mass is 297 g/mol. The Hall–Kier alpha value is -2.11. The molecule has 0 aliphatic heterocycles. The highest BCUT2D eigenvalue weighted by Gasteiger charge is 2.18. The summed E-state index contributed by atoms with van der Waals surface area (Å²) >= 11 is 0. The van der Waals surface area contributed by atoms with Crippen molar-refractivity contribution in [2.75, 3.05) is 6.61 Å². The first-order chi connectivity index (χ1) is 9.73. The van der Waals surface area contributed by atoms with Gasteiger partial charge in [0.05, 0.1) is 12.2 Å². The Morgan fingerprint density at radius 1 is 1.29 bits per heavy atom. The van der Waals surface area contributed by atoms with Crippen LogP contribution in [-0.4, -0.2) is 24.3 Å². The fourth-order valence-electron chi connectivity index (χ4n) is 1.58. The molecule has 0 unspecified atom stereocenters. The molecule has 0 spiro atoms. The number of esters is 1. The lowest BCUT2D eigenvalue weighted by atomic mass is 10.1.